The second-order valence-electron chi connectivity index (χ2n) is 4.14. The van der Waals surface area contributed by atoms with Crippen LogP contribution in [0.2, 0.25) is 5.02 Å². The van der Waals surface area contributed by atoms with Crippen molar-refractivity contribution < 1.29 is 4.74 Å². The van der Waals surface area contributed by atoms with Gasteiger partial charge in [-0.2, -0.15) is 0 Å². The molecule has 3 heteroatoms. The molecule has 0 aliphatic rings. The lowest BCUT2D eigenvalue weighted by Crippen LogP contribution is -1.95. The van der Waals surface area contributed by atoms with Gasteiger partial charge in [0.05, 0.1) is 12.5 Å². The third kappa shape index (κ3) is 2.80. The Bertz CT molecular complexity index is 535. The van der Waals surface area contributed by atoms with E-state index in [0.29, 0.717) is 5.02 Å². The summed E-state index contributed by atoms with van der Waals surface area (Å²) in [5, 5.41) is 0.515. The largest absolute Gasteiger partial charge is 0.496 e. The lowest BCUT2D eigenvalue weighted by molar-refractivity contribution is 0.411. The SMILES string of the molecule is COc1cc(C(Cl)c2ccc(Cl)cc2)ccc1C. The maximum atomic E-state index is 6.47. The minimum Gasteiger partial charge on any atom is -0.496 e. The second-order valence-corrected chi connectivity index (χ2v) is 5.02. The van der Waals surface area contributed by atoms with Crippen LogP contribution in [0, 0.1) is 6.92 Å². The molecule has 0 aromatic heterocycles. The Morgan fingerprint density at radius 1 is 1.00 bits per heavy atom. The first-order valence-corrected chi connectivity index (χ1v) is 6.47. The molecule has 0 spiro atoms. The summed E-state index contributed by atoms with van der Waals surface area (Å²) in [5.41, 5.74) is 3.13. The summed E-state index contributed by atoms with van der Waals surface area (Å²) in [6.07, 6.45) is 0. The average molecular weight is 281 g/mol. The molecule has 0 aliphatic carbocycles. The average Bonchev–Trinajstić information content (AvgIpc) is 2.39. The standard InChI is InChI=1S/C15H14Cl2O/c1-10-3-4-12(9-14(10)18-2)15(17)11-5-7-13(16)8-6-11/h3-9,15H,1-2H3. The van der Waals surface area contributed by atoms with E-state index in [1.54, 1.807) is 7.11 Å². The molecular formula is C15H14Cl2O. The van der Waals surface area contributed by atoms with Crippen molar-refractivity contribution in [3.8, 4) is 5.75 Å². The number of rotatable bonds is 3. The molecule has 2 rings (SSSR count). The van der Waals surface area contributed by atoms with E-state index in [9.17, 15) is 0 Å². The van der Waals surface area contributed by atoms with Gasteiger partial charge in [0.1, 0.15) is 5.75 Å². The number of methoxy groups -OCH3 is 1. The van der Waals surface area contributed by atoms with E-state index in [4.69, 9.17) is 27.9 Å². The van der Waals surface area contributed by atoms with Gasteiger partial charge in [-0.25, -0.2) is 0 Å². The number of alkyl halides is 1. The van der Waals surface area contributed by atoms with Crippen LogP contribution in [0.25, 0.3) is 0 Å². The van der Waals surface area contributed by atoms with E-state index in [0.717, 1.165) is 22.4 Å². The Hall–Kier alpha value is -1.18. The smallest absolute Gasteiger partial charge is 0.122 e. The van der Waals surface area contributed by atoms with E-state index in [-0.39, 0.29) is 5.38 Å². The van der Waals surface area contributed by atoms with Crippen molar-refractivity contribution in [2.45, 2.75) is 12.3 Å². The zero-order valence-corrected chi connectivity index (χ0v) is 11.8. The summed E-state index contributed by atoms with van der Waals surface area (Å²) < 4.78 is 5.31. The molecule has 1 nitrogen and oxygen atoms in total. The van der Waals surface area contributed by atoms with Crippen LogP contribution in [0.5, 0.6) is 5.75 Å². The molecule has 1 unspecified atom stereocenters. The van der Waals surface area contributed by atoms with Gasteiger partial charge in [-0.1, -0.05) is 35.9 Å². The summed E-state index contributed by atoms with van der Waals surface area (Å²) in [7, 11) is 1.66. The quantitative estimate of drug-likeness (QED) is 0.720. The van der Waals surface area contributed by atoms with Crippen molar-refractivity contribution in [1.82, 2.24) is 0 Å². The van der Waals surface area contributed by atoms with Crippen molar-refractivity contribution in [3.05, 3.63) is 64.2 Å². The van der Waals surface area contributed by atoms with Gasteiger partial charge >= 0.3 is 0 Å². The Morgan fingerprint density at radius 2 is 1.61 bits per heavy atom. The summed E-state index contributed by atoms with van der Waals surface area (Å²) in [4.78, 5) is 0. The molecule has 2 aromatic rings. The molecule has 1 atom stereocenters. The molecule has 0 bridgehead atoms. The van der Waals surface area contributed by atoms with Crippen LogP contribution in [0.3, 0.4) is 0 Å². The van der Waals surface area contributed by atoms with Crippen LogP contribution in [-0.4, -0.2) is 7.11 Å². The Kier molecular flexibility index (Phi) is 4.15. The van der Waals surface area contributed by atoms with Crippen molar-refractivity contribution in [1.29, 1.82) is 0 Å². The summed E-state index contributed by atoms with van der Waals surface area (Å²) in [6.45, 7) is 2.01. The van der Waals surface area contributed by atoms with Gasteiger partial charge in [-0.05, 0) is 41.8 Å². The fourth-order valence-corrected chi connectivity index (χ4v) is 2.23. The van der Waals surface area contributed by atoms with Crippen LogP contribution in [0.15, 0.2) is 42.5 Å². The van der Waals surface area contributed by atoms with Gasteiger partial charge in [0.25, 0.3) is 0 Å². The fraction of sp³-hybridized carbons (Fsp3) is 0.200. The predicted octanol–water partition coefficient (Wildman–Crippen LogP) is 4.99. The van der Waals surface area contributed by atoms with E-state index in [2.05, 4.69) is 0 Å². The molecule has 0 heterocycles. The first kappa shape index (κ1) is 13.3. The molecule has 0 N–H and O–H groups in total. The van der Waals surface area contributed by atoms with E-state index < -0.39 is 0 Å². The van der Waals surface area contributed by atoms with Crippen LogP contribution in [0.1, 0.15) is 22.1 Å². The first-order valence-electron chi connectivity index (χ1n) is 5.66. The molecule has 0 saturated carbocycles. The van der Waals surface area contributed by atoms with Gasteiger partial charge in [0.2, 0.25) is 0 Å². The highest BCUT2D eigenvalue weighted by Gasteiger charge is 2.12. The lowest BCUT2D eigenvalue weighted by Gasteiger charge is -2.13. The van der Waals surface area contributed by atoms with Gasteiger partial charge in [-0.3, -0.25) is 0 Å². The maximum absolute atomic E-state index is 6.47. The van der Waals surface area contributed by atoms with Gasteiger partial charge < -0.3 is 4.74 Å². The van der Waals surface area contributed by atoms with Crippen LogP contribution in [-0.2, 0) is 0 Å². The predicted molar refractivity (Wildman–Crippen MR) is 76.9 cm³/mol. The number of benzene rings is 2. The van der Waals surface area contributed by atoms with Crippen molar-refractivity contribution in [3.63, 3.8) is 0 Å². The lowest BCUT2D eigenvalue weighted by atomic mass is 10.0. The van der Waals surface area contributed by atoms with E-state index in [1.807, 2.05) is 49.4 Å². The van der Waals surface area contributed by atoms with Gasteiger partial charge in [0.15, 0.2) is 0 Å². The molecule has 0 saturated heterocycles. The van der Waals surface area contributed by atoms with Crippen molar-refractivity contribution >= 4 is 23.2 Å². The number of halogens is 2. The number of hydrogen-bond donors (Lipinski definition) is 0. The number of hydrogen-bond acceptors (Lipinski definition) is 1. The number of ether oxygens (including phenoxy) is 1. The van der Waals surface area contributed by atoms with Crippen LogP contribution in [0.4, 0.5) is 0 Å². The molecule has 94 valence electrons. The topological polar surface area (TPSA) is 9.23 Å². The van der Waals surface area contributed by atoms with E-state index in [1.165, 1.54) is 0 Å². The zero-order chi connectivity index (χ0) is 13.1. The molecule has 0 fully saturated rings. The highest BCUT2D eigenvalue weighted by atomic mass is 35.5. The van der Waals surface area contributed by atoms with Crippen LogP contribution < -0.4 is 4.74 Å². The van der Waals surface area contributed by atoms with Crippen molar-refractivity contribution in [2.75, 3.05) is 7.11 Å². The summed E-state index contributed by atoms with van der Waals surface area (Å²) in [6, 6.07) is 13.6. The molecular weight excluding hydrogens is 267 g/mol. The first-order chi connectivity index (χ1) is 8.61. The monoisotopic (exact) mass is 280 g/mol. The summed E-state index contributed by atoms with van der Waals surface area (Å²) in [5.74, 6) is 0.854. The Morgan fingerprint density at radius 3 is 2.22 bits per heavy atom. The third-order valence-electron chi connectivity index (χ3n) is 2.89. The number of aryl methyl sites for hydroxylation is 1. The molecule has 0 radical (unpaired) electrons. The summed E-state index contributed by atoms with van der Waals surface area (Å²) >= 11 is 12.3. The van der Waals surface area contributed by atoms with Crippen LogP contribution >= 0.6 is 23.2 Å². The Labute approximate surface area is 117 Å². The fourth-order valence-electron chi connectivity index (χ4n) is 1.82. The molecule has 0 amide bonds. The van der Waals surface area contributed by atoms with Gasteiger partial charge in [0, 0.05) is 5.02 Å². The molecule has 2 aromatic carbocycles. The second kappa shape index (κ2) is 5.64. The minimum absolute atomic E-state index is 0.197. The normalized spacial score (nSPS) is 12.2. The zero-order valence-electron chi connectivity index (χ0n) is 10.3. The maximum Gasteiger partial charge on any atom is 0.122 e. The molecule has 0 aliphatic heterocycles. The highest BCUT2D eigenvalue weighted by molar-refractivity contribution is 6.30. The van der Waals surface area contributed by atoms with E-state index >= 15 is 0 Å². The van der Waals surface area contributed by atoms with Gasteiger partial charge in [-0.15, -0.1) is 11.6 Å². The minimum atomic E-state index is -0.197. The van der Waals surface area contributed by atoms with Crippen molar-refractivity contribution in [2.24, 2.45) is 0 Å². The Balaban J connectivity index is 2.33. The third-order valence-corrected chi connectivity index (χ3v) is 3.64. The highest BCUT2D eigenvalue weighted by Crippen LogP contribution is 2.32. The molecule has 18 heavy (non-hydrogen) atoms.